The van der Waals surface area contributed by atoms with Gasteiger partial charge < -0.3 is 9.80 Å². The van der Waals surface area contributed by atoms with Gasteiger partial charge in [0.2, 0.25) is 0 Å². The number of nitrogens with zero attached hydrogens (tertiary/aromatic N) is 3. The van der Waals surface area contributed by atoms with Crippen molar-refractivity contribution in [1.82, 2.24) is 9.88 Å². The molecule has 1 aromatic heterocycles. The summed E-state index contributed by atoms with van der Waals surface area (Å²) in [5, 5.41) is 1.20. The van der Waals surface area contributed by atoms with Gasteiger partial charge in [-0.1, -0.05) is 25.0 Å². The number of anilines is 2. The van der Waals surface area contributed by atoms with Crippen molar-refractivity contribution in [2.45, 2.75) is 39.0 Å². The van der Waals surface area contributed by atoms with Crippen LogP contribution in [-0.2, 0) is 6.42 Å². The maximum absolute atomic E-state index is 12.9. The number of aryl methyl sites for hydroxylation is 1. The van der Waals surface area contributed by atoms with Gasteiger partial charge in [-0.05, 0) is 73.7 Å². The summed E-state index contributed by atoms with van der Waals surface area (Å²) in [6.07, 6.45) is 5.71. The topological polar surface area (TPSA) is 36.4 Å². The van der Waals surface area contributed by atoms with Crippen LogP contribution >= 0.6 is 0 Å². The molecule has 2 aliphatic heterocycles. The molecule has 0 bridgehead atoms. The molecule has 5 rings (SSSR count). The van der Waals surface area contributed by atoms with E-state index in [0.29, 0.717) is 0 Å². The Bertz CT molecular complexity index is 1050. The van der Waals surface area contributed by atoms with E-state index >= 15 is 0 Å². The van der Waals surface area contributed by atoms with Crippen molar-refractivity contribution in [1.29, 1.82) is 0 Å². The van der Waals surface area contributed by atoms with E-state index in [-0.39, 0.29) is 5.91 Å². The first-order chi connectivity index (χ1) is 14.2. The summed E-state index contributed by atoms with van der Waals surface area (Å²) in [5.41, 5.74) is 5.47. The molecule has 0 aliphatic carbocycles. The van der Waals surface area contributed by atoms with Crippen LogP contribution in [-0.4, -0.2) is 35.4 Å². The predicted molar refractivity (Wildman–Crippen MR) is 118 cm³/mol. The minimum absolute atomic E-state index is 0.167. The van der Waals surface area contributed by atoms with Crippen LogP contribution in [0.4, 0.5) is 11.5 Å². The Labute approximate surface area is 172 Å². The maximum Gasteiger partial charge on any atom is 0.253 e. The molecule has 0 spiro atoms. The summed E-state index contributed by atoms with van der Waals surface area (Å²) in [5.74, 6) is 1.22. The van der Waals surface area contributed by atoms with Crippen LogP contribution in [0.25, 0.3) is 10.9 Å². The molecule has 0 saturated carbocycles. The zero-order valence-corrected chi connectivity index (χ0v) is 17.0. The van der Waals surface area contributed by atoms with Crippen molar-refractivity contribution >= 4 is 28.3 Å². The zero-order chi connectivity index (χ0) is 19.8. The number of likely N-dealkylation sites (tertiary alicyclic amines) is 1. The molecule has 2 aromatic carbocycles. The average Bonchev–Trinajstić information content (AvgIpc) is 2.96. The second-order valence-electron chi connectivity index (χ2n) is 8.32. The highest BCUT2D eigenvalue weighted by molar-refractivity contribution is 5.95. The van der Waals surface area contributed by atoms with E-state index in [4.69, 9.17) is 4.98 Å². The van der Waals surface area contributed by atoms with Crippen molar-refractivity contribution in [3.05, 3.63) is 65.2 Å². The molecule has 3 heterocycles. The lowest BCUT2D eigenvalue weighted by Gasteiger charge is -2.22. The van der Waals surface area contributed by atoms with Gasteiger partial charge in [0.05, 0.1) is 5.52 Å². The average molecular weight is 386 g/mol. The lowest BCUT2D eigenvalue weighted by atomic mass is 10.1. The number of hydrogen-bond donors (Lipinski definition) is 0. The molecule has 0 N–H and O–H groups in total. The molecule has 1 saturated heterocycles. The monoisotopic (exact) mass is 385 g/mol. The highest BCUT2D eigenvalue weighted by Crippen LogP contribution is 2.35. The molecule has 29 heavy (non-hydrogen) atoms. The third-order valence-electron chi connectivity index (χ3n) is 6.21. The van der Waals surface area contributed by atoms with E-state index in [2.05, 4.69) is 48.2 Å². The summed E-state index contributed by atoms with van der Waals surface area (Å²) < 4.78 is 0. The van der Waals surface area contributed by atoms with Crippen molar-refractivity contribution in [3.63, 3.8) is 0 Å². The van der Waals surface area contributed by atoms with Gasteiger partial charge in [0, 0.05) is 36.3 Å². The van der Waals surface area contributed by atoms with Crippen molar-refractivity contribution < 1.29 is 4.79 Å². The number of rotatable bonds is 2. The molecule has 4 nitrogen and oxygen atoms in total. The van der Waals surface area contributed by atoms with E-state index < -0.39 is 0 Å². The second-order valence-corrected chi connectivity index (χ2v) is 8.32. The minimum Gasteiger partial charge on any atom is -0.339 e. The number of hydrogen-bond acceptors (Lipinski definition) is 3. The third kappa shape index (κ3) is 3.48. The number of amides is 1. The first-order valence-electron chi connectivity index (χ1n) is 10.8. The van der Waals surface area contributed by atoms with Crippen LogP contribution in [0.5, 0.6) is 0 Å². The van der Waals surface area contributed by atoms with Crippen molar-refractivity contribution in [2.24, 2.45) is 0 Å². The molecule has 0 radical (unpaired) electrons. The number of aromatic nitrogens is 1. The number of benzene rings is 2. The molecule has 4 heteroatoms. The number of carbonyl (C=O) groups excluding carboxylic acids is 1. The Morgan fingerprint density at radius 1 is 0.897 bits per heavy atom. The fourth-order valence-corrected chi connectivity index (χ4v) is 4.56. The van der Waals surface area contributed by atoms with Gasteiger partial charge in [0.1, 0.15) is 5.82 Å². The summed E-state index contributed by atoms with van der Waals surface area (Å²) in [4.78, 5) is 22.1. The normalized spacial score (nSPS) is 16.7. The smallest absolute Gasteiger partial charge is 0.253 e. The van der Waals surface area contributed by atoms with E-state index in [9.17, 15) is 4.79 Å². The summed E-state index contributed by atoms with van der Waals surface area (Å²) >= 11 is 0. The lowest BCUT2D eigenvalue weighted by Crippen LogP contribution is -2.31. The Morgan fingerprint density at radius 3 is 2.41 bits per heavy atom. The van der Waals surface area contributed by atoms with E-state index in [1.165, 1.54) is 29.4 Å². The molecule has 1 amide bonds. The van der Waals surface area contributed by atoms with Crippen LogP contribution in [0.1, 0.15) is 47.2 Å². The van der Waals surface area contributed by atoms with Gasteiger partial charge in [0.25, 0.3) is 5.91 Å². The lowest BCUT2D eigenvalue weighted by molar-refractivity contribution is 0.0761. The first kappa shape index (κ1) is 18.2. The van der Waals surface area contributed by atoms with Crippen molar-refractivity contribution in [3.8, 4) is 0 Å². The zero-order valence-electron chi connectivity index (χ0n) is 17.0. The molecule has 1 fully saturated rings. The molecular formula is C25H27N3O. The van der Waals surface area contributed by atoms with E-state index in [1.807, 2.05) is 17.0 Å². The molecule has 3 aromatic rings. The quantitative estimate of drug-likeness (QED) is 0.604. The third-order valence-corrected chi connectivity index (χ3v) is 6.21. The van der Waals surface area contributed by atoms with Gasteiger partial charge >= 0.3 is 0 Å². The largest absolute Gasteiger partial charge is 0.339 e. The van der Waals surface area contributed by atoms with Crippen molar-refractivity contribution in [2.75, 3.05) is 24.5 Å². The van der Waals surface area contributed by atoms with Gasteiger partial charge in [0.15, 0.2) is 0 Å². The van der Waals surface area contributed by atoms with Gasteiger partial charge in [-0.15, -0.1) is 0 Å². The summed E-state index contributed by atoms with van der Waals surface area (Å²) in [6.45, 7) is 4.80. The van der Waals surface area contributed by atoms with Gasteiger partial charge in [-0.3, -0.25) is 4.79 Å². The predicted octanol–water partition coefficient (Wildman–Crippen LogP) is 5.25. The standard InChI is InChI=1S/C25H27N3O/c1-18-6-7-20-17-21-12-15-28(24(21)26-23(20)16-18)22-10-8-19(9-11-22)25(29)27-13-4-2-3-5-14-27/h6-11,16-17H,2-5,12-15H2,1H3. The van der Waals surface area contributed by atoms with Gasteiger partial charge in [-0.2, -0.15) is 0 Å². The highest BCUT2D eigenvalue weighted by Gasteiger charge is 2.23. The SMILES string of the molecule is Cc1ccc2cc3c(nc2c1)N(c1ccc(C(=O)N2CCCCCC2)cc1)CC3. The molecule has 2 aliphatic rings. The Morgan fingerprint density at radius 2 is 1.66 bits per heavy atom. The Hall–Kier alpha value is -2.88. The van der Waals surface area contributed by atoms with Crippen LogP contribution in [0.3, 0.4) is 0 Å². The molecule has 0 unspecified atom stereocenters. The fraction of sp³-hybridized carbons (Fsp3) is 0.360. The van der Waals surface area contributed by atoms with Crippen LogP contribution < -0.4 is 4.90 Å². The fourth-order valence-electron chi connectivity index (χ4n) is 4.56. The first-order valence-corrected chi connectivity index (χ1v) is 10.8. The van der Waals surface area contributed by atoms with E-state index in [1.54, 1.807) is 0 Å². The maximum atomic E-state index is 12.9. The Kier molecular flexibility index (Phi) is 4.70. The molecule has 148 valence electrons. The summed E-state index contributed by atoms with van der Waals surface area (Å²) in [6, 6.07) is 16.8. The molecule has 0 atom stereocenters. The Balaban J connectivity index is 1.41. The van der Waals surface area contributed by atoms with Gasteiger partial charge in [-0.25, -0.2) is 4.98 Å². The van der Waals surface area contributed by atoms with Crippen LogP contribution in [0, 0.1) is 6.92 Å². The minimum atomic E-state index is 0.167. The second kappa shape index (κ2) is 7.51. The van der Waals surface area contributed by atoms with Crippen LogP contribution in [0.2, 0.25) is 0 Å². The van der Waals surface area contributed by atoms with Crippen LogP contribution in [0.15, 0.2) is 48.5 Å². The summed E-state index contributed by atoms with van der Waals surface area (Å²) in [7, 11) is 0. The molecular weight excluding hydrogens is 358 g/mol. The highest BCUT2D eigenvalue weighted by atomic mass is 16.2. The number of pyridine rings is 1. The van der Waals surface area contributed by atoms with E-state index in [0.717, 1.165) is 61.5 Å². The number of carbonyl (C=O) groups is 1. The number of fused-ring (bicyclic) bond motifs is 2.